The summed E-state index contributed by atoms with van der Waals surface area (Å²) >= 11 is 5.90. The molecular formula is C9H6Cl2O3S. The smallest absolute Gasteiger partial charge is 0.236 e. The Bertz CT molecular complexity index is 601. The van der Waals surface area contributed by atoms with Crippen LogP contribution in [0.1, 0.15) is 5.56 Å². The van der Waals surface area contributed by atoms with E-state index in [9.17, 15) is 8.42 Å². The molecule has 0 radical (unpaired) electrons. The summed E-state index contributed by atoms with van der Waals surface area (Å²) in [4.78, 5) is 0. The van der Waals surface area contributed by atoms with Crippen LogP contribution in [0.4, 0.5) is 0 Å². The highest BCUT2D eigenvalue weighted by Crippen LogP contribution is 2.29. The zero-order chi connectivity index (χ0) is 11.1. The molecule has 2 aromatic rings. The third-order valence-corrected chi connectivity index (χ3v) is 3.32. The molecule has 0 aliphatic carbocycles. The van der Waals surface area contributed by atoms with E-state index < -0.39 is 9.05 Å². The second kappa shape index (κ2) is 3.70. The largest absolute Gasteiger partial charge is 0.464 e. The molecule has 0 atom stereocenters. The molecule has 1 aromatic heterocycles. The van der Waals surface area contributed by atoms with Crippen molar-refractivity contribution >= 4 is 42.3 Å². The average Bonchev–Trinajstić information content (AvgIpc) is 2.56. The Labute approximate surface area is 96.0 Å². The third-order valence-electron chi connectivity index (χ3n) is 2.01. The zero-order valence-electron chi connectivity index (χ0n) is 7.41. The standard InChI is InChI=1S/C9H6Cl2O3S/c10-8-1-2-9-6(3-4-14-9)7(8)5-15(11,12)13/h1-4H,5H2. The lowest BCUT2D eigenvalue weighted by Crippen LogP contribution is -1.96. The van der Waals surface area contributed by atoms with Crippen LogP contribution in [-0.4, -0.2) is 8.42 Å². The van der Waals surface area contributed by atoms with Crippen molar-refractivity contribution in [1.82, 2.24) is 0 Å². The first-order chi connectivity index (χ1) is 6.97. The molecular weight excluding hydrogens is 259 g/mol. The summed E-state index contributed by atoms with van der Waals surface area (Å²) in [5, 5.41) is 1.04. The Morgan fingerprint density at radius 2 is 2.00 bits per heavy atom. The maximum Gasteiger partial charge on any atom is 0.236 e. The lowest BCUT2D eigenvalue weighted by atomic mass is 10.1. The van der Waals surface area contributed by atoms with Crippen molar-refractivity contribution in [3.05, 3.63) is 35.0 Å². The molecule has 3 nitrogen and oxygen atoms in total. The van der Waals surface area contributed by atoms with Crippen molar-refractivity contribution in [3.8, 4) is 0 Å². The van der Waals surface area contributed by atoms with Crippen LogP contribution in [0.2, 0.25) is 5.02 Å². The molecule has 1 heterocycles. The normalized spacial score (nSPS) is 12.1. The number of fused-ring (bicyclic) bond motifs is 1. The zero-order valence-corrected chi connectivity index (χ0v) is 9.73. The molecule has 0 bridgehead atoms. The molecule has 15 heavy (non-hydrogen) atoms. The Kier molecular flexibility index (Phi) is 2.66. The molecule has 6 heteroatoms. The monoisotopic (exact) mass is 264 g/mol. The van der Waals surface area contributed by atoms with E-state index in [4.69, 9.17) is 26.7 Å². The van der Waals surface area contributed by atoms with Gasteiger partial charge >= 0.3 is 0 Å². The van der Waals surface area contributed by atoms with Crippen molar-refractivity contribution < 1.29 is 12.8 Å². The number of hydrogen-bond donors (Lipinski definition) is 0. The predicted octanol–water partition coefficient (Wildman–Crippen LogP) is 3.15. The molecule has 1 aromatic carbocycles. The first kappa shape index (κ1) is 10.8. The van der Waals surface area contributed by atoms with Gasteiger partial charge in [0, 0.05) is 21.1 Å². The first-order valence-electron chi connectivity index (χ1n) is 4.04. The van der Waals surface area contributed by atoms with Crippen molar-refractivity contribution in [2.75, 3.05) is 0 Å². The molecule has 2 rings (SSSR count). The molecule has 0 N–H and O–H groups in total. The van der Waals surface area contributed by atoms with Gasteiger partial charge in [-0.2, -0.15) is 0 Å². The van der Waals surface area contributed by atoms with Gasteiger partial charge < -0.3 is 4.42 Å². The van der Waals surface area contributed by atoms with Gasteiger partial charge in [-0.3, -0.25) is 0 Å². The molecule has 0 amide bonds. The minimum atomic E-state index is -3.62. The van der Waals surface area contributed by atoms with Crippen LogP contribution in [-0.2, 0) is 14.8 Å². The molecule has 0 aliphatic heterocycles. The van der Waals surface area contributed by atoms with Crippen LogP contribution in [0.25, 0.3) is 11.0 Å². The van der Waals surface area contributed by atoms with Crippen molar-refractivity contribution in [1.29, 1.82) is 0 Å². The lowest BCUT2D eigenvalue weighted by molar-refractivity contribution is 0.609. The Hall–Kier alpha value is -0.710. The number of benzene rings is 1. The van der Waals surface area contributed by atoms with Gasteiger partial charge in [0.15, 0.2) is 0 Å². The lowest BCUT2D eigenvalue weighted by Gasteiger charge is -2.02. The van der Waals surface area contributed by atoms with Gasteiger partial charge in [-0.05, 0) is 23.8 Å². The summed E-state index contributed by atoms with van der Waals surface area (Å²) in [6.45, 7) is 0. The highest BCUT2D eigenvalue weighted by Gasteiger charge is 2.14. The molecule has 0 spiro atoms. The second-order valence-electron chi connectivity index (χ2n) is 3.04. The summed E-state index contributed by atoms with van der Waals surface area (Å²) < 4.78 is 27.1. The van der Waals surface area contributed by atoms with Gasteiger partial charge in [-0.15, -0.1) is 0 Å². The van der Waals surface area contributed by atoms with E-state index in [2.05, 4.69) is 0 Å². The van der Waals surface area contributed by atoms with Gasteiger partial charge in [-0.25, -0.2) is 8.42 Å². The maximum absolute atomic E-state index is 11.0. The van der Waals surface area contributed by atoms with Crippen LogP contribution < -0.4 is 0 Å². The highest BCUT2D eigenvalue weighted by molar-refractivity contribution is 8.13. The van der Waals surface area contributed by atoms with Crippen LogP contribution in [0.3, 0.4) is 0 Å². The molecule has 0 unspecified atom stereocenters. The fourth-order valence-electron chi connectivity index (χ4n) is 1.40. The molecule has 0 fully saturated rings. The maximum atomic E-state index is 11.0. The third kappa shape index (κ3) is 2.27. The van der Waals surface area contributed by atoms with Crippen molar-refractivity contribution in [2.24, 2.45) is 0 Å². The number of rotatable bonds is 2. The Morgan fingerprint density at radius 1 is 1.27 bits per heavy atom. The fourth-order valence-corrected chi connectivity index (χ4v) is 2.69. The van der Waals surface area contributed by atoms with E-state index in [1.807, 2.05) is 0 Å². The average molecular weight is 265 g/mol. The topological polar surface area (TPSA) is 47.3 Å². The fraction of sp³-hybridized carbons (Fsp3) is 0.111. The van der Waals surface area contributed by atoms with Crippen molar-refractivity contribution in [2.45, 2.75) is 5.75 Å². The van der Waals surface area contributed by atoms with Crippen LogP contribution >= 0.6 is 22.3 Å². The van der Waals surface area contributed by atoms with E-state index in [1.165, 1.54) is 6.26 Å². The molecule has 0 aliphatic rings. The predicted molar refractivity (Wildman–Crippen MR) is 59.7 cm³/mol. The quantitative estimate of drug-likeness (QED) is 0.783. The van der Waals surface area contributed by atoms with E-state index in [0.29, 0.717) is 21.6 Å². The van der Waals surface area contributed by atoms with Crippen LogP contribution in [0.15, 0.2) is 28.9 Å². The molecule has 0 saturated heterocycles. The van der Waals surface area contributed by atoms with Gasteiger partial charge in [0.2, 0.25) is 9.05 Å². The van der Waals surface area contributed by atoms with Crippen molar-refractivity contribution in [3.63, 3.8) is 0 Å². The minimum absolute atomic E-state index is 0.301. The number of hydrogen-bond acceptors (Lipinski definition) is 3. The summed E-state index contributed by atoms with van der Waals surface area (Å²) in [5.74, 6) is -0.301. The number of halogens is 2. The first-order valence-corrected chi connectivity index (χ1v) is 6.90. The highest BCUT2D eigenvalue weighted by atomic mass is 35.7. The number of furan rings is 1. The van der Waals surface area contributed by atoms with E-state index in [-0.39, 0.29) is 5.75 Å². The SMILES string of the molecule is O=S(=O)(Cl)Cc1c(Cl)ccc2occc12. The summed E-state index contributed by atoms with van der Waals surface area (Å²) in [6, 6.07) is 4.94. The molecule has 80 valence electrons. The molecule has 0 saturated carbocycles. The summed E-state index contributed by atoms with van der Waals surface area (Å²) in [5.41, 5.74) is 1.06. The van der Waals surface area contributed by atoms with E-state index in [0.717, 1.165) is 0 Å². The Morgan fingerprint density at radius 3 is 2.67 bits per heavy atom. The Balaban J connectivity index is 2.67. The van der Waals surface area contributed by atoms with Crippen LogP contribution in [0.5, 0.6) is 0 Å². The van der Waals surface area contributed by atoms with Gasteiger partial charge in [-0.1, -0.05) is 11.6 Å². The van der Waals surface area contributed by atoms with E-state index in [1.54, 1.807) is 18.2 Å². The second-order valence-corrected chi connectivity index (χ2v) is 6.23. The van der Waals surface area contributed by atoms with E-state index >= 15 is 0 Å². The summed E-state index contributed by atoms with van der Waals surface area (Å²) in [7, 11) is 1.57. The van der Waals surface area contributed by atoms with Gasteiger partial charge in [0.05, 0.1) is 12.0 Å². The van der Waals surface area contributed by atoms with Gasteiger partial charge in [0.25, 0.3) is 0 Å². The summed E-state index contributed by atoms with van der Waals surface area (Å²) in [6.07, 6.45) is 1.48. The van der Waals surface area contributed by atoms with Crippen LogP contribution in [0, 0.1) is 0 Å². The van der Waals surface area contributed by atoms with Gasteiger partial charge in [0.1, 0.15) is 5.58 Å². The minimum Gasteiger partial charge on any atom is -0.464 e.